The zero-order valence-electron chi connectivity index (χ0n) is 29.1. The molecular formula is C33H60O6Sc. The minimum absolute atomic E-state index is 0. The Balaban J connectivity index is -0.000000240. The zero-order valence-corrected chi connectivity index (χ0v) is 31.0. The van der Waals surface area contributed by atoms with Crippen molar-refractivity contribution in [2.75, 3.05) is 0 Å². The molecule has 0 aliphatic rings. The SMILES string of the molecule is CC(C)(C)C(=O)CC(=O)C(C)(C)C.CC(C)(C)C(=O)CC(=O)C(C)(C)C.CC(C)(C)C(=O)CC(=O)C(C)(C)C.[Sc]. The van der Waals surface area contributed by atoms with Gasteiger partial charge in [0.25, 0.3) is 0 Å². The molecule has 0 rings (SSSR count). The number of rotatable bonds is 6. The molecule has 0 atom stereocenters. The molecule has 0 aliphatic heterocycles. The predicted octanol–water partition coefficient (Wildman–Crippen LogP) is 7.82. The molecule has 0 heterocycles. The number of Topliss-reactive ketones (excluding diaryl/α,β-unsaturated/α-hetero) is 6. The minimum Gasteiger partial charge on any atom is -0.299 e. The van der Waals surface area contributed by atoms with E-state index in [0.717, 1.165) is 0 Å². The molecule has 0 aromatic carbocycles. The summed E-state index contributed by atoms with van der Waals surface area (Å²) in [5.74, 6) is 0.125. The summed E-state index contributed by atoms with van der Waals surface area (Å²) in [4.78, 5) is 69.0. The molecule has 0 N–H and O–H groups in total. The Morgan fingerprint density at radius 2 is 0.350 bits per heavy atom. The van der Waals surface area contributed by atoms with Crippen LogP contribution < -0.4 is 0 Å². The number of hydrogen-bond donors (Lipinski definition) is 0. The fourth-order valence-corrected chi connectivity index (χ4v) is 2.03. The maximum Gasteiger partial charge on any atom is 0.145 e. The van der Waals surface area contributed by atoms with Crippen molar-refractivity contribution in [1.29, 1.82) is 0 Å². The van der Waals surface area contributed by atoms with Crippen LogP contribution in [0, 0.1) is 32.5 Å². The Morgan fingerprint density at radius 3 is 0.400 bits per heavy atom. The third-order valence-corrected chi connectivity index (χ3v) is 5.98. The summed E-state index contributed by atoms with van der Waals surface area (Å²) in [6.07, 6.45) is 0.187. The van der Waals surface area contributed by atoms with E-state index in [-0.39, 0.29) is 79.8 Å². The Labute approximate surface area is 264 Å². The fraction of sp³-hybridized carbons (Fsp3) is 0.818. The summed E-state index contributed by atoms with van der Waals surface area (Å²) in [5, 5.41) is 0. The first-order valence-corrected chi connectivity index (χ1v) is 13.8. The second-order valence-corrected chi connectivity index (χ2v) is 16.6. The first-order valence-electron chi connectivity index (χ1n) is 13.8. The van der Waals surface area contributed by atoms with Gasteiger partial charge in [-0.25, -0.2) is 0 Å². The monoisotopic (exact) mass is 597 g/mol. The van der Waals surface area contributed by atoms with Gasteiger partial charge >= 0.3 is 0 Å². The van der Waals surface area contributed by atoms with Crippen LogP contribution in [0.25, 0.3) is 0 Å². The average Bonchev–Trinajstić information content (AvgIpc) is 2.64. The van der Waals surface area contributed by atoms with Crippen LogP contribution in [-0.2, 0) is 54.6 Å². The van der Waals surface area contributed by atoms with Crippen molar-refractivity contribution in [2.24, 2.45) is 32.5 Å². The van der Waals surface area contributed by atoms with Crippen LogP contribution >= 0.6 is 0 Å². The Bertz CT molecular complexity index is 693. The quantitative estimate of drug-likeness (QED) is 0.289. The smallest absolute Gasteiger partial charge is 0.145 e. The van der Waals surface area contributed by atoms with Gasteiger partial charge < -0.3 is 0 Å². The van der Waals surface area contributed by atoms with Gasteiger partial charge in [0.15, 0.2) is 0 Å². The molecule has 6 nitrogen and oxygen atoms in total. The largest absolute Gasteiger partial charge is 0.299 e. The third kappa shape index (κ3) is 21.6. The van der Waals surface area contributed by atoms with Gasteiger partial charge in [-0.3, -0.25) is 28.8 Å². The molecule has 0 aliphatic carbocycles. The first kappa shape index (κ1) is 45.9. The van der Waals surface area contributed by atoms with Crippen LogP contribution in [-0.4, -0.2) is 34.7 Å². The van der Waals surface area contributed by atoms with Gasteiger partial charge in [-0.1, -0.05) is 125 Å². The average molecular weight is 598 g/mol. The van der Waals surface area contributed by atoms with Crippen molar-refractivity contribution in [3.05, 3.63) is 0 Å². The minimum atomic E-state index is -0.402. The van der Waals surface area contributed by atoms with Gasteiger partial charge in [0, 0.05) is 58.3 Å². The molecule has 0 spiro atoms. The Kier molecular flexibility index (Phi) is 18.9. The first-order chi connectivity index (χ1) is 16.6. The van der Waals surface area contributed by atoms with Crippen molar-refractivity contribution in [1.82, 2.24) is 0 Å². The molecule has 0 aromatic heterocycles. The van der Waals surface area contributed by atoms with Gasteiger partial charge in [-0.05, 0) is 0 Å². The normalized spacial score (nSPS) is 12.4. The van der Waals surface area contributed by atoms with Crippen LogP contribution in [0.4, 0.5) is 0 Å². The van der Waals surface area contributed by atoms with Crippen molar-refractivity contribution in [3.8, 4) is 0 Å². The number of ketones is 6. The molecule has 0 saturated heterocycles. The van der Waals surface area contributed by atoms with Crippen molar-refractivity contribution in [2.45, 2.75) is 144 Å². The summed E-state index contributed by atoms with van der Waals surface area (Å²) in [5.41, 5.74) is -2.41. The molecule has 0 amide bonds. The van der Waals surface area contributed by atoms with Crippen LogP contribution in [0.15, 0.2) is 0 Å². The summed E-state index contributed by atoms with van der Waals surface area (Å²) in [6, 6.07) is 0. The van der Waals surface area contributed by atoms with E-state index in [1.807, 2.05) is 125 Å². The van der Waals surface area contributed by atoms with E-state index >= 15 is 0 Å². The van der Waals surface area contributed by atoms with Gasteiger partial charge in [-0.15, -0.1) is 0 Å². The van der Waals surface area contributed by atoms with E-state index < -0.39 is 32.5 Å². The number of carbonyl (C=O) groups is 6. The molecule has 0 fully saturated rings. The van der Waals surface area contributed by atoms with Crippen LogP contribution in [0.3, 0.4) is 0 Å². The van der Waals surface area contributed by atoms with E-state index in [1.54, 1.807) is 0 Å². The molecular weight excluding hydrogens is 537 g/mol. The van der Waals surface area contributed by atoms with E-state index in [4.69, 9.17) is 0 Å². The van der Waals surface area contributed by atoms with Gasteiger partial charge in [0.05, 0.1) is 19.3 Å². The number of hydrogen-bond acceptors (Lipinski definition) is 6. The molecule has 0 unspecified atom stereocenters. The summed E-state index contributed by atoms with van der Waals surface area (Å²) in [7, 11) is 0. The molecule has 0 saturated carbocycles. The molecule has 231 valence electrons. The molecule has 0 bridgehead atoms. The summed E-state index contributed by atoms with van der Waals surface area (Å²) >= 11 is 0. The standard InChI is InChI=1S/3C11H20O2.Sc/c3*1-10(2,3)8(12)7-9(13)11(4,5)6;/h3*7H2,1-6H3;. The van der Waals surface area contributed by atoms with Crippen molar-refractivity contribution >= 4 is 34.7 Å². The van der Waals surface area contributed by atoms with E-state index in [0.29, 0.717) is 0 Å². The van der Waals surface area contributed by atoms with E-state index in [2.05, 4.69) is 0 Å². The third-order valence-electron chi connectivity index (χ3n) is 5.98. The number of carbonyl (C=O) groups excluding carboxylic acids is 6. The summed E-state index contributed by atoms with van der Waals surface area (Å²) < 4.78 is 0. The molecule has 7 heteroatoms. The van der Waals surface area contributed by atoms with E-state index in [9.17, 15) is 28.8 Å². The van der Waals surface area contributed by atoms with Gasteiger partial charge in [0.1, 0.15) is 34.7 Å². The van der Waals surface area contributed by atoms with Crippen LogP contribution in [0.2, 0.25) is 0 Å². The zero-order chi connectivity index (χ0) is 32.6. The Hall–Kier alpha value is -1.11. The molecule has 0 aromatic rings. The fourth-order valence-electron chi connectivity index (χ4n) is 2.03. The second kappa shape index (κ2) is 16.5. The van der Waals surface area contributed by atoms with Crippen molar-refractivity contribution in [3.63, 3.8) is 0 Å². The summed E-state index contributed by atoms with van der Waals surface area (Å²) in [6.45, 7) is 33.1. The van der Waals surface area contributed by atoms with E-state index in [1.165, 1.54) is 0 Å². The van der Waals surface area contributed by atoms with Crippen LogP contribution in [0.5, 0.6) is 0 Å². The molecule has 40 heavy (non-hydrogen) atoms. The Morgan fingerprint density at radius 1 is 0.275 bits per heavy atom. The van der Waals surface area contributed by atoms with Gasteiger partial charge in [0.2, 0.25) is 0 Å². The van der Waals surface area contributed by atoms with Gasteiger partial charge in [-0.2, -0.15) is 0 Å². The second-order valence-electron chi connectivity index (χ2n) is 16.6. The maximum absolute atomic E-state index is 11.5. The molecule has 1 radical (unpaired) electrons. The topological polar surface area (TPSA) is 102 Å². The van der Waals surface area contributed by atoms with Crippen LogP contribution in [0.1, 0.15) is 144 Å². The maximum atomic E-state index is 11.5. The van der Waals surface area contributed by atoms with Crippen molar-refractivity contribution < 1.29 is 54.6 Å². The predicted molar refractivity (Wildman–Crippen MR) is 161 cm³/mol.